The van der Waals surface area contributed by atoms with E-state index < -0.39 is 12.0 Å². The molecule has 2 aromatic carbocycles. The van der Waals surface area contributed by atoms with Crippen LogP contribution in [0.4, 0.5) is 5.95 Å². The van der Waals surface area contributed by atoms with Gasteiger partial charge in [0.1, 0.15) is 17.5 Å². The number of ketones is 1. The molecule has 1 atom stereocenters. The normalized spacial score (nSPS) is 15.3. The molecule has 0 radical (unpaired) electrons. The number of nitrogens with zero attached hydrogens (tertiary/aromatic N) is 4. The lowest BCUT2D eigenvalue weighted by molar-refractivity contribution is -0.136. The van der Waals surface area contributed by atoms with Crippen LogP contribution in [-0.2, 0) is 9.53 Å². The molecule has 9 nitrogen and oxygen atoms in total. The fraction of sp³-hybridized carbons (Fsp3) is 0.150. The van der Waals surface area contributed by atoms with Crippen molar-refractivity contribution in [2.75, 3.05) is 19.5 Å². The molecule has 0 aliphatic carbocycles. The summed E-state index contributed by atoms with van der Waals surface area (Å²) in [5, 5.41) is 14.5. The Bertz CT molecular complexity index is 1090. The number of methoxy groups -OCH3 is 2. The van der Waals surface area contributed by atoms with E-state index in [4.69, 9.17) is 9.47 Å². The van der Waals surface area contributed by atoms with Gasteiger partial charge in [-0.2, -0.15) is 4.68 Å². The third-order valence-electron chi connectivity index (χ3n) is 4.62. The zero-order chi connectivity index (χ0) is 20.4. The first-order chi connectivity index (χ1) is 14.1. The predicted molar refractivity (Wildman–Crippen MR) is 102 cm³/mol. The molecule has 1 aliphatic heterocycles. The number of hydrogen-bond acceptors (Lipinski definition) is 8. The van der Waals surface area contributed by atoms with Gasteiger partial charge in [-0.15, -0.1) is 0 Å². The van der Waals surface area contributed by atoms with Gasteiger partial charge in [-0.25, -0.2) is 4.79 Å². The summed E-state index contributed by atoms with van der Waals surface area (Å²) < 4.78 is 11.5. The number of hydrogen-bond donors (Lipinski definition) is 1. The van der Waals surface area contributed by atoms with Gasteiger partial charge in [-0.3, -0.25) is 4.79 Å². The molecule has 1 N–H and O–H groups in total. The maximum absolute atomic E-state index is 13.5. The van der Waals surface area contributed by atoms with E-state index in [0.717, 1.165) is 5.56 Å². The van der Waals surface area contributed by atoms with Crippen LogP contribution in [0.25, 0.3) is 0 Å². The molecule has 0 spiro atoms. The van der Waals surface area contributed by atoms with Gasteiger partial charge in [0.2, 0.25) is 5.95 Å². The van der Waals surface area contributed by atoms with Crippen LogP contribution >= 0.6 is 0 Å². The molecule has 4 rings (SSSR count). The van der Waals surface area contributed by atoms with Gasteiger partial charge in [0.05, 0.1) is 19.8 Å². The Labute approximate surface area is 165 Å². The Morgan fingerprint density at radius 2 is 1.76 bits per heavy atom. The van der Waals surface area contributed by atoms with E-state index >= 15 is 0 Å². The van der Waals surface area contributed by atoms with Crippen LogP contribution in [-0.4, -0.2) is 46.2 Å². The Balaban J connectivity index is 1.91. The summed E-state index contributed by atoms with van der Waals surface area (Å²) in [6.07, 6.45) is 0. The van der Waals surface area contributed by atoms with Crippen LogP contribution in [0.1, 0.15) is 22.0 Å². The number of carbonyl (C=O) groups is 2. The highest BCUT2D eigenvalue weighted by molar-refractivity contribution is 6.14. The summed E-state index contributed by atoms with van der Waals surface area (Å²) in [5.74, 6) is -0.175. The number of tetrazole rings is 1. The maximum Gasteiger partial charge on any atom is 0.355 e. The smallest absolute Gasteiger partial charge is 0.355 e. The molecule has 0 bridgehead atoms. The molecule has 0 fully saturated rings. The van der Waals surface area contributed by atoms with Crippen LogP contribution < -0.4 is 10.1 Å². The van der Waals surface area contributed by atoms with Crippen molar-refractivity contribution in [2.24, 2.45) is 0 Å². The van der Waals surface area contributed by atoms with Crippen LogP contribution in [0.5, 0.6) is 5.75 Å². The zero-order valence-electron chi connectivity index (χ0n) is 15.7. The highest BCUT2D eigenvalue weighted by Crippen LogP contribution is 2.36. The highest BCUT2D eigenvalue weighted by Gasteiger charge is 2.38. The van der Waals surface area contributed by atoms with Gasteiger partial charge >= 0.3 is 5.97 Å². The molecule has 1 aliphatic rings. The summed E-state index contributed by atoms with van der Waals surface area (Å²) in [7, 11) is 2.80. The molecule has 146 valence electrons. The number of nitrogens with one attached hydrogen (secondary N) is 1. The van der Waals surface area contributed by atoms with Gasteiger partial charge in [0.15, 0.2) is 5.78 Å². The quantitative estimate of drug-likeness (QED) is 0.520. The first kappa shape index (κ1) is 18.4. The van der Waals surface area contributed by atoms with Crippen molar-refractivity contribution in [3.63, 3.8) is 0 Å². The number of ether oxygens (including phenoxy) is 2. The maximum atomic E-state index is 13.5. The number of benzene rings is 2. The van der Waals surface area contributed by atoms with Crippen molar-refractivity contribution in [1.29, 1.82) is 0 Å². The number of fused-ring (bicyclic) bond motifs is 1. The topological polar surface area (TPSA) is 108 Å². The molecule has 0 saturated heterocycles. The fourth-order valence-corrected chi connectivity index (χ4v) is 3.23. The van der Waals surface area contributed by atoms with Crippen molar-refractivity contribution in [2.45, 2.75) is 6.04 Å². The molecule has 0 saturated carbocycles. The third kappa shape index (κ3) is 3.22. The van der Waals surface area contributed by atoms with Crippen molar-refractivity contribution in [3.05, 3.63) is 77.0 Å². The second-order valence-electron chi connectivity index (χ2n) is 6.22. The first-order valence-electron chi connectivity index (χ1n) is 8.75. The number of rotatable bonds is 5. The van der Waals surface area contributed by atoms with E-state index in [1.165, 1.54) is 11.8 Å². The van der Waals surface area contributed by atoms with Crippen LogP contribution in [0, 0.1) is 0 Å². The monoisotopic (exact) mass is 391 g/mol. The van der Waals surface area contributed by atoms with Gasteiger partial charge < -0.3 is 14.8 Å². The Hall–Kier alpha value is -4.01. The molecule has 9 heteroatoms. The number of aromatic nitrogens is 4. The van der Waals surface area contributed by atoms with Crippen molar-refractivity contribution < 1.29 is 19.1 Å². The summed E-state index contributed by atoms with van der Waals surface area (Å²) >= 11 is 0. The number of anilines is 1. The van der Waals surface area contributed by atoms with Crippen LogP contribution in [0.15, 0.2) is 65.9 Å². The Kier molecular flexibility index (Phi) is 4.78. The van der Waals surface area contributed by atoms with E-state index in [9.17, 15) is 9.59 Å². The Morgan fingerprint density at radius 3 is 2.41 bits per heavy atom. The molecular weight excluding hydrogens is 374 g/mol. The van der Waals surface area contributed by atoms with Gasteiger partial charge in [0.25, 0.3) is 0 Å². The molecule has 1 aromatic heterocycles. The molecule has 3 aromatic rings. The minimum absolute atomic E-state index is 0.00414. The minimum Gasteiger partial charge on any atom is -0.497 e. The minimum atomic E-state index is -0.703. The zero-order valence-corrected chi connectivity index (χ0v) is 15.7. The average Bonchev–Trinajstić information content (AvgIpc) is 3.25. The van der Waals surface area contributed by atoms with Gasteiger partial charge in [-0.1, -0.05) is 35.4 Å². The number of esters is 1. The van der Waals surface area contributed by atoms with E-state index in [-0.39, 0.29) is 23.0 Å². The third-order valence-corrected chi connectivity index (χ3v) is 4.62. The summed E-state index contributed by atoms with van der Waals surface area (Å²) in [6, 6.07) is 15.2. The summed E-state index contributed by atoms with van der Waals surface area (Å²) in [6.45, 7) is 0. The van der Waals surface area contributed by atoms with Crippen LogP contribution in [0.2, 0.25) is 0 Å². The van der Waals surface area contributed by atoms with E-state index in [0.29, 0.717) is 11.3 Å². The second-order valence-corrected chi connectivity index (χ2v) is 6.22. The summed E-state index contributed by atoms with van der Waals surface area (Å²) in [5.41, 5.74) is 1.33. The highest BCUT2D eigenvalue weighted by atomic mass is 16.5. The van der Waals surface area contributed by atoms with Gasteiger partial charge in [0, 0.05) is 5.56 Å². The fourth-order valence-electron chi connectivity index (χ4n) is 3.23. The molecule has 2 heterocycles. The predicted octanol–water partition coefficient (Wildman–Crippen LogP) is 2.01. The summed E-state index contributed by atoms with van der Waals surface area (Å²) in [4.78, 5) is 26.0. The number of allylic oxidation sites excluding steroid dienone is 1. The lowest BCUT2D eigenvalue weighted by Gasteiger charge is -2.28. The van der Waals surface area contributed by atoms with Crippen molar-refractivity contribution >= 4 is 17.7 Å². The molecule has 0 unspecified atom stereocenters. The average molecular weight is 391 g/mol. The van der Waals surface area contributed by atoms with E-state index in [1.807, 2.05) is 30.3 Å². The molecule has 0 amide bonds. The first-order valence-corrected chi connectivity index (χ1v) is 8.75. The number of Topliss-reactive ketones (excluding diaryl/α,β-unsaturated/α-hetero) is 1. The molecular formula is C20H17N5O4. The largest absolute Gasteiger partial charge is 0.497 e. The van der Waals surface area contributed by atoms with Crippen molar-refractivity contribution in [3.8, 4) is 5.75 Å². The Morgan fingerprint density at radius 1 is 1.03 bits per heavy atom. The lowest BCUT2D eigenvalue weighted by atomic mass is 9.89. The van der Waals surface area contributed by atoms with Crippen molar-refractivity contribution in [1.82, 2.24) is 20.2 Å². The standard InChI is InChI=1S/C20H17N5O4/c1-28-14-10-8-13(9-11-14)18(26)15-16(19(27)29-2)21-20-22-23-24-25(20)17(15)12-6-4-3-5-7-12/h3-11,17H,1-2H3,(H,21,22,24)/t17-/m0/s1. The van der Waals surface area contributed by atoms with E-state index in [1.54, 1.807) is 31.4 Å². The lowest BCUT2D eigenvalue weighted by Crippen LogP contribution is -2.32. The molecule has 29 heavy (non-hydrogen) atoms. The second kappa shape index (κ2) is 7.55. The number of carbonyl (C=O) groups excluding carboxylic acids is 2. The van der Waals surface area contributed by atoms with E-state index in [2.05, 4.69) is 20.8 Å². The van der Waals surface area contributed by atoms with Crippen LogP contribution in [0.3, 0.4) is 0 Å². The van der Waals surface area contributed by atoms with Gasteiger partial charge in [-0.05, 0) is 40.3 Å². The SMILES string of the molecule is COC(=O)C1=C(C(=O)c2ccc(OC)cc2)[C@H](c2ccccc2)n2nnnc2N1.